The SMILES string of the molecule is CCC(=O)c1ccc(N2CC[NH+](CCC#N)CC2)c(F)c1. The highest BCUT2D eigenvalue weighted by molar-refractivity contribution is 5.96. The number of piperazine rings is 1. The molecule has 0 radical (unpaired) electrons. The average molecular weight is 290 g/mol. The molecule has 21 heavy (non-hydrogen) atoms. The summed E-state index contributed by atoms with van der Waals surface area (Å²) in [6.45, 7) is 6.01. The molecule has 1 aliphatic heterocycles. The monoisotopic (exact) mass is 290 g/mol. The number of quaternary nitrogens is 1. The van der Waals surface area contributed by atoms with Crippen molar-refractivity contribution < 1.29 is 14.1 Å². The zero-order valence-corrected chi connectivity index (χ0v) is 12.4. The van der Waals surface area contributed by atoms with Crippen LogP contribution in [0.3, 0.4) is 0 Å². The fourth-order valence-corrected chi connectivity index (χ4v) is 2.69. The van der Waals surface area contributed by atoms with Gasteiger partial charge in [-0.3, -0.25) is 4.79 Å². The van der Waals surface area contributed by atoms with Gasteiger partial charge in [-0.15, -0.1) is 0 Å². The van der Waals surface area contributed by atoms with E-state index >= 15 is 0 Å². The molecule has 0 bridgehead atoms. The van der Waals surface area contributed by atoms with Gasteiger partial charge in [-0.25, -0.2) is 4.39 Å². The van der Waals surface area contributed by atoms with Crippen LogP contribution in [0.4, 0.5) is 10.1 Å². The summed E-state index contributed by atoms with van der Waals surface area (Å²) in [5.41, 5.74) is 1.01. The first-order valence-electron chi connectivity index (χ1n) is 7.44. The summed E-state index contributed by atoms with van der Waals surface area (Å²) < 4.78 is 14.2. The van der Waals surface area contributed by atoms with Gasteiger partial charge in [-0.2, -0.15) is 5.26 Å². The van der Waals surface area contributed by atoms with E-state index in [1.54, 1.807) is 19.1 Å². The number of carbonyl (C=O) groups excluding carboxylic acids is 1. The van der Waals surface area contributed by atoms with Crippen LogP contribution < -0.4 is 9.80 Å². The number of nitriles is 1. The lowest BCUT2D eigenvalue weighted by atomic mass is 10.1. The van der Waals surface area contributed by atoms with Crippen molar-refractivity contribution in [2.75, 3.05) is 37.6 Å². The van der Waals surface area contributed by atoms with Crippen LogP contribution in [0.15, 0.2) is 18.2 Å². The van der Waals surface area contributed by atoms with Gasteiger partial charge < -0.3 is 9.80 Å². The van der Waals surface area contributed by atoms with Crippen molar-refractivity contribution in [1.82, 2.24) is 0 Å². The fourth-order valence-electron chi connectivity index (χ4n) is 2.69. The van der Waals surface area contributed by atoms with E-state index in [1.165, 1.54) is 11.0 Å². The molecule has 0 aromatic heterocycles. The summed E-state index contributed by atoms with van der Waals surface area (Å²) in [5, 5.41) is 8.60. The Hall–Kier alpha value is -1.93. The zero-order chi connectivity index (χ0) is 15.2. The highest BCUT2D eigenvalue weighted by Crippen LogP contribution is 2.21. The van der Waals surface area contributed by atoms with Crippen LogP contribution in [0.5, 0.6) is 0 Å². The number of hydrogen-bond donors (Lipinski definition) is 1. The average Bonchev–Trinajstić information content (AvgIpc) is 2.52. The summed E-state index contributed by atoms with van der Waals surface area (Å²) >= 11 is 0. The third kappa shape index (κ3) is 3.79. The first-order chi connectivity index (χ1) is 10.2. The quantitative estimate of drug-likeness (QED) is 0.824. The number of halogens is 1. The van der Waals surface area contributed by atoms with Gasteiger partial charge in [0.25, 0.3) is 0 Å². The summed E-state index contributed by atoms with van der Waals surface area (Å²) in [5.74, 6) is -0.360. The fraction of sp³-hybridized carbons (Fsp3) is 0.500. The Morgan fingerprint density at radius 3 is 2.71 bits per heavy atom. The first kappa shape index (κ1) is 15.5. The van der Waals surface area contributed by atoms with Crippen molar-refractivity contribution in [3.05, 3.63) is 29.6 Å². The van der Waals surface area contributed by atoms with Gasteiger partial charge in [-0.05, 0) is 18.2 Å². The molecule has 1 heterocycles. The highest BCUT2D eigenvalue weighted by Gasteiger charge is 2.22. The number of carbonyl (C=O) groups is 1. The van der Waals surface area contributed by atoms with Crippen molar-refractivity contribution in [3.8, 4) is 6.07 Å². The Morgan fingerprint density at radius 2 is 2.14 bits per heavy atom. The Bertz CT molecular complexity index is 545. The van der Waals surface area contributed by atoms with E-state index < -0.39 is 0 Å². The van der Waals surface area contributed by atoms with Crippen molar-refractivity contribution in [3.63, 3.8) is 0 Å². The van der Waals surface area contributed by atoms with Gasteiger partial charge in [0.15, 0.2) is 5.78 Å². The molecule has 4 nitrogen and oxygen atoms in total. The third-order valence-corrected chi connectivity index (χ3v) is 3.99. The maximum atomic E-state index is 14.2. The van der Waals surface area contributed by atoms with E-state index in [9.17, 15) is 9.18 Å². The first-order valence-corrected chi connectivity index (χ1v) is 7.44. The van der Waals surface area contributed by atoms with Gasteiger partial charge in [0.2, 0.25) is 0 Å². The smallest absolute Gasteiger partial charge is 0.162 e. The Kier molecular flexibility index (Phi) is 5.29. The molecule has 0 amide bonds. The van der Waals surface area contributed by atoms with Gasteiger partial charge in [-0.1, -0.05) is 6.92 Å². The number of nitrogens with one attached hydrogen (secondary N) is 1. The van der Waals surface area contributed by atoms with Crippen LogP contribution in [-0.4, -0.2) is 38.5 Å². The number of anilines is 1. The number of hydrogen-bond acceptors (Lipinski definition) is 3. The summed E-state index contributed by atoms with van der Waals surface area (Å²) in [7, 11) is 0. The number of Topliss-reactive ketones (excluding diaryl/α,β-unsaturated/α-hetero) is 1. The summed E-state index contributed by atoms with van der Waals surface area (Å²) in [4.78, 5) is 15.0. The van der Waals surface area contributed by atoms with Crippen LogP contribution in [0.1, 0.15) is 30.1 Å². The lowest BCUT2D eigenvalue weighted by Gasteiger charge is -2.33. The lowest BCUT2D eigenvalue weighted by molar-refractivity contribution is -0.900. The van der Waals surface area contributed by atoms with E-state index in [1.807, 2.05) is 4.90 Å². The van der Waals surface area contributed by atoms with E-state index in [-0.39, 0.29) is 11.6 Å². The predicted octanol–water partition coefficient (Wildman–Crippen LogP) is 1.04. The third-order valence-electron chi connectivity index (χ3n) is 3.99. The van der Waals surface area contributed by atoms with E-state index in [0.29, 0.717) is 24.1 Å². The standard InChI is InChI=1S/C16H20FN3O/c1-2-16(21)13-4-5-15(14(17)12-13)20-10-8-19(9-11-20)7-3-6-18/h4-5,12H,2-3,7-11H2,1H3/p+1. The molecule has 112 valence electrons. The van der Waals surface area contributed by atoms with Crippen molar-refractivity contribution in [1.29, 1.82) is 5.26 Å². The molecule has 1 aromatic carbocycles. The van der Waals surface area contributed by atoms with Gasteiger partial charge >= 0.3 is 0 Å². The van der Waals surface area contributed by atoms with Crippen LogP contribution in [0.25, 0.3) is 0 Å². The molecule has 1 N–H and O–H groups in total. The topological polar surface area (TPSA) is 48.5 Å². The maximum absolute atomic E-state index is 14.2. The Labute approximate surface area is 124 Å². The molecule has 0 saturated carbocycles. The van der Waals surface area contributed by atoms with E-state index in [2.05, 4.69) is 6.07 Å². The second-order valence-electron chi connectivity index (χ2n) is 5.34. The summed E-state index contributed by atoms with van der Waals surface area (Å²) in [6.07, 6.45) is 0.956. The van der Waals surface area contributed by atoms with E-state index in [0.717, 1.165) is 32.7 Å². The molecule has 0 unspecified atom stereocenters. The minimum atomic E-state index is -0.324. The molecule has 0 aliphatic carbocycles. The normalized spacial score (nSPS) is 15.8. The van der Waals surface area contributed by atoms with Crippen LogP contribution >= 0.6 is 0 Å². The summed E-state index contributed by atoms with van der Waals surface area (Å²) in [6, 6.07) is 6.92. The molecule has 1 fully saturated rings. The van der Waals surface area contributed by atoms with E-state index in [4.69, 9.17) is 5.26 Å². The number of rotatable bonds is 5. The van der Waals surface area contributed by atoms with Crippen molar-refractivity contribution in [2.24, 2.45) is 0 Å². The van der Waals surface area contributed by atoms with Crippen LogP contribution in [-0.2, 0) is 0 Å². The largest absolute Gasteiger partial charge is 0.358 e. The zero-order valence-electron chi connectivity index (χ0n) is 12.4. The van der Waals surface area contributed by atoms with Crippen LogP contribution in [0.2, 0.25) is 0 Å². The second kappa shape index (κ2) is 7.19. The number of ketones is 1. The molecular formula is C16H21FN3O+. The molecule has 1 aliphatic rings. The molecule has 1 saturated heterocycles. The molecule has 2 rings (SSSR count). The predicted molar refractivity (Wildman–Crippen MR) is 79.0 cm³/mol. The molecule has 1 aromatic rings. The molecule has 0 atom stereocenters. The van der Waals surface area contributed by atoms with Gasteiger partial charge in [0.1, 0.15) is 5.82 Å². The number of nitrogens with zero attached hydrogens (tertiary/aromatic N) is 2. The molecule has 5 heteroatoms. The van der Waals surface area contributed by atoms with Crippen molar-refractivity contribution in [2.45, 2.75) is 19.8 Å². The molecule has 0 spiro atoms. The lowest BCUT2D eigenvalue weighted by Crippen LogP contribution is -3.14. The van der Waals surface area contributed by atoms with Gasteiger partial charge in [0, 0.05) is 12.0 Å². The Balaban J connectivity index is 2.00. The minimum absolute atomic E-state index is 0.0359. The van der Waals surface area contributed by atoms with Gasteiger partial charge in [0.05, 0.1) is 50.9 Å². The minimum Gasteiger partial charge on any atom is -0.358 e. The second-order valence-corrected chi connectivity index (χ2v) is 5.34. The van der Waals surface area contributed by atoms with Crippen LogP contribution in [0, 0.1) is 17.1 Å². The van der Waals surface area contributed by atoms with Crippen molar-refractivity contribution >= 4 is 11.5 Å². The molecular weight excluding hydrogens is 269 g/mol. The maximum Gasteiger partial charge on any atom is 0.162 e. The highest BCUT2D eigenvalue weighted by atomic mass is 19.1. The number of benzene rings is 1. The Morgan fingerprint density at radius 1 is 1.43 bits per heavy atom.